The predicted molar refractivity (Wildman–Crippen MR) is 427 cm³/mol. The number of carbonyl (C=O) groups is 4. The predicted octanol–water partition coefficient (Wildman–Crippen LogP) is 23.9. The molecule has 0 saturated carbocycles. The van der Waals surface area contributed by atoms with Crippen LogP contribution in [0.3, 0.4) is 0 Å². The monoisotopic (exact) mass is 1500 g/mol. The Labute approximate surface area is 632 Å². The van der Waals surface area contributed by atoms with Gasteiger partial charge in [0, 0.05) is 25.7 Å². The number of aliphatic hydroxyl groups is 1. The number of rotatable bonds is 76. The first-order chi connectivity index (χ1) is 50.7. The Hall–Kier alpha value is -4.54. The summed E-state index contributed by atoms with van der Waals surface area (Å²) in [7, 11) is -9.99. The van der Waals surface area contributed by atoms with Gasteiger partial charge in [-0.2, -0.15) is 0 Å². The van der Waals surface area contributed by atoms with Crippen molar-refractivity contribution in [3.63, 3.8) is 0 Å². The first-order valence-corrected chi connectivity index (χ1v) is 43.8. The van der Waals surface area contributed by atoms with Crippen molar-refractivity contribution in [2.75, 3.05) is 39.6 Å². The Morgan fingerprint density at radius 2 is 0.481 bits per heavy atom. The van der Waals surface area contributed by atoms with Gasteiger partial charge in [0.05, 0.1) is 26.4 Å². The molecule has 5 atom stereocenters. The number of carbonyl (C=O) groups excluding carboxylic acids is 4. The van der Waals surface area contributed by atoms with Crippen LogP contribution in [-0.4, -0.2) is 96.7 Å². The second-order valence-corrected chi connectivity index (χ2v) is 29.9. The van der Waals surface area contributed by atoms with Crippen LogP contribution < -0.4 is 0 Å². The molecule has 0 fully saturated rings. The second kappa shape index (κ2) is 76.6. The SMILES string of the molecule is CCCCC/C=C\C/C=C\C/C=C\C/C=C\CCCC(=O)OC[C@H](COP(=O)(O)OC[C@@H](O)COP(=O)(O)OC[C@@H](COC(=O)CCC/C=C\C/C=C\C/C=C\C/C=C\CCCCC)OC(=O)CCCCCCCCCCCCCCCCC)OC(=O)CCCCCCC/C=C\C/C=C\CCCCC. The molecule has 19 heteroatoms. The summed E-state index contributed by atoms with van der Waals surface area (Å²) < 4.78 is 68.5. The molecule has 0 bridgehead atoms. The molecule has 598 valence electrons. The molecule has 2 unspecified atom stereocenters. The standard InChI is InChI=1S/C85H146O17P2/c1-5-9-13-17-21-25-29-33-37-39-43-45-49-53-57-61-65-69-82(87)95-75-80(101-84(89)71-67-63-59-55-51-47-41-35-31-27-23-19-15-11-7-3)77-99-103(91,92)97-73-79(86)74-98-104(93,94)100-78-81(102-85(90)72-68-64-60-56-52-48-42-36-32-28-24-20-16-12-8-4)76-96-83(88)70-66-62-58-54-50-46-44-40-38-34-30-26-22-18-14-10-6-2/h21-23,25-27,33-35,37-38,41,43-46,53-54,57-58,79-81,86H,5-20,24,28-32,36,39-40,42,47-52,55-56,59-78H2,1-4H3,(H,91,92)(H,93,94)/b25-21-,26-22-,27-23-,37-33-,38-34-,41-35-,45-43-,46-44-,57-53-,58-54-/t79-,80-,81-/m1/s1. The van der Waals surface area contributed by atoms with E-state index in [2.05, 4.69) is 125 Å². The van der Waals surface area contributed by atoms with Gasteiger partial charge in [-0.3, -0.25) is 37.3 Å². The molecule has 3 N–H and O–H groups in total. The van der Waals surface area contributed by atoms with Gasteiger partial charge in [-0.05, 0) is 135 Å². The topological polar surface area (TPSA) is 237 Å². The van der Waals surface area contributed by atoms with Crippen molar-refractivity contribution in [2.24, 2.45) is 0 Å². The molecule has 0 amide bonds. The van der Waals surface area contributed by atoms with Crippen LogP contribution in [0.1, 0.15) is 336 Å². The number of phosphoric acid groups is 2. The molecule has 0 spiro atoms. The lowest BCUT2D eigenvalue weighted by molar-refractivity contribution is -0.161. The van der Waals surface area contributed by atoms with Crippen LogP contribution in [-0.2, 0) is 65.4 Å². The average Bonchev–Trinajstić information content (AvgIpc) is 0.937. The van der Waals surface area contributed by atoms with Gasteiger partial charge in [0.1, 0.15) is 19.3 Å². The Morgan fingerprint density at radius 1 is 0.269 bits per heavy atom. The van der Waals surface area contributed by atoms with Gasteiger partial charge >= 0.3 is 39.5 Å². The summed E-state index contributed by atoms with van der Waals surface area (Å²) in [5, 5.41) is 10.6. The van der Waals surface area contributed by atoms with E-state index in [1.807, 2.05) is 24.3 Å². The molecule has 0 aliphatic carbocycles. The largest absolute Gasteiger partial charge is 0.472 e. The number of hydrogen-bond donors (Lipinski definition) is 3. The van der Waals surface area contributed by atoms with E-state index in [0.29, 0.717) is 38.5 Å². The molecule has 104 heavy (non-hydrogen) atoms. The highest BCUT2D eigenvalue weighted by Gasteiger charge is 2.30. The third-order valence-corrected chi connectivity index (χ3v) is 18.8. The molecule has 0 saturated heterocycles. The molecule has 0 heterocycles. The third-order valence-electron chi connectivity index (χ3n) is 16.9. The van der Waals surface area contributed by atoms with Crippen molar-refractivity contribution >= 4 is 39.5 Å². The average molecular weight is 1500 g/mol. The summed E-state index contributed by atoms with van der Waals surface area (Å²) in [6.07, 6.45) is 84.7. The number of phosphoric ester groups is 2. The zero-order valence-electron chi connectivity index (χ0n) is 65.4. The lowest BCUT2D eigenvalue weighted by Crippen LogP contribution is -2.30. The van der Waals surface area contributed by atoms with Crippen molar-refractivity contribution < 1.29 is 80.2 Å². The van der Waals surface area contributed by atoms with Crippen LogP contribution >= 0.6 is 15.6 Å². The number of ether oxygens (including phenoxy) is 4. The van der Waals surface area contributed by atoms with Gasteiger partial charge in [0.15, 0.2) is 12.2 Å². The molecule has 0 radical (unpaired) electrons. The maximum absolute atomic E-state index is 13.1. The van der Waals surface area contributed by atoms with E-state index in [1.54, 1.807) is 0 Å². The van der Waals surface area contributed by atoms with E-state index in [-0.39, 0.29) is 25.7 Å². The Balaban J connectivity index is 5.46. The number of esters is 4. The van der Waals surface area contributed by atoms with E-state index >= 15 is 0 Å². The van der Waals surface area contributed by atoms with Crippen molar-refractivity contribution in [2.45, 2.75) is 354 Å². The van der Waals surface area contributed by atoms with Crippen molar-refractivity contribution in [3.8, 4) is 0 Å². The Kier molecular flexibility index (Phi) is 73.3. The van der Waals surface area contributed by atoms with E-state index < -0.39 is 97.5 Å². The lowest BCUT2D eigenvalue weighted by atomic mass is 10.0. The summed E-state index contributed by atoms with van der Waals surface area (Å²) >= 11 is 0. The van der Waals surface area contributed by atoms with Gasteiger partial charge in [-0.1, -0.05) is 297 Å². The Bertz CT molecular complexity index is 2440. The lowest BCUT2D eigenvalue weighted by Gasteiger charge is -2.21. The third kappa shape index (κ3) is 75.7. The maximum Gasteiger partial charge on any atom is 0.472 e. The highest BCUT2D eigenvalue weighted by Crippen LogP contribution is 2.45. The minimum atomic E-state index is -5.00. The number of aliphatic hydroxyl groups excluding tert-OH is 1. The fourth-order valence-electron chi connectivity index (χ4n) is 10.6. The van der Waals surface area contributed by atoms with Crippen LogP contribution in [0.4, 0.5) is 0 Å². The summed E-state index contributed by atoms with van der Waals surface area (Å²) in [6.45, 7) is 4.69. The molecule has 17 nitrogen and oxygen atoms in total. The molecule has 0 aromatic heterocycles. The van der Waals surface area contributed by atoms with E-state index in [0.717, 1.165) is 122 Å². The zero-order valence-corrected chi connectivity index (χ0v) is 67.2. The molecule has 0 aromatic carbocycles. The summed E-state index contributed by atoms with van der Waals surface area (Å²) in [5.74, 6) is -2.31. The fraction of sp³-hybridized carbons (Fsp3) is 0.718. The minimum Gasteiger partial charge on any atom is -0.462 e. The molecular weight excluding hydrogens is 1350 g/mol. The van der Waals surface area contributed by atoms with E-state index in [1.165, 1.54) is 122 Å². The molecule has 0 aromatic rings. The summed E-state index contributed by atoms with van der Waals surface area (Å²) in [5.41, 5.74) is 0. The van der Waals surface area contributed by atoms with Gasteiger partial charge in [-0.15, -0.1) is 0 Å². The highest BCUT2D eigenvalue weighted by atomic mass is 31.2. The number of allylic oxidation sites excluding steroid dienone is 20. The summed E-state index contributed by atoms with van der Waals surface area (Å²) in [4.78, 5) is 73.0. The number of hydrogen-bond acceptors (Lipinski definition) is 15. The molecule has 0 rings (SSSR count). The van der Waals surface area contributed by atoms with Gasteiger partial charge in [-0.25, -0.2) is 9.13 Å². The number of unbranched alkanes of at least 4 members (excludes halogenated alkanes) is 30. The first kappa shape index (κ1) is 99.5. The van der Waals surface area contributed by atoms with Crippen molar-refractivity contribution in [1.29, 1.82) is 0 Å². The smallest absolute Gasteiger partial charge is 0.462 e. The minimum absolute atomic E-state index is 0.0645. The van der Waals surface area contributed by atoms with Crippen LogP contribution in [0.15, 0.2) is 122 Å². The normalized spacial score (nSPS) is 14.5. The van der Waals surface area contributed by atoms with Gasteiger partial charge in [0.25, 0.3) is 0 Å². The Morgan fingerprint density at radius 3 is 0.769 bits per heavy atom. The van der Waals surface area contributed by atoms with Gasteiger partial charge < -0.3 is 33.8 Å². The van der Waals surface area contributed by atoms with E-state index in [9.17, 15) is 43.2 Å². The maximum atomic E-state index is 13.1. The first-order valence-electron chi connectivity index (χ1n) is 40.8. The molecule has 0 aliphatic rings. The van der Waals surface area contributed by atoms with Crippen LogP contribution in [0.2, 0.25) is 0 Å². The molecule has 0 aliphatic heterocycles. The summed E-state index contributed by atoms with van der Waals surface area (Å²) in [6, 6.07) is 0. The van der Waals surface area contributed by atoms with Crippen molar-refractivity contribution in [3.05, 3.63) is 122 Å². The fourth-order valence-corrected chi connectivity index (χ4v) is 12.2. The van der Waals surface area contributed by atoms with Gasteiger partial charge in [0.2, 0.25) is 0 Å². The quantitative estimate of drug-likeness (QED) is 0.0169. The van der Waals surface area contributed by atoms with E-state index in [4.69, 9.17) is 37.0 Å². The van der Waals surface area contributed by atoms with Crippen LogP contribution in [0.25, 0.3) is 0 Å². The van der Waals surface area contributed by atoms with Crippen LogP contribution in [0, 0.1) is 0 Å². The zero-order chi connectivity index (χ0) is 76.0. The van der Waals surface area contributed by atoms with Crippen LogP contribution in [0.5, 0.6) is 0 Å². The second-order valence-electron chi connectivity index (χ2n) is 27.0. The van der Waals surface area contributed by atoms with Crippen molar-refractivity contribution in [1.82, 2.24) is 0 Å². The molecular formula is C85H146O17P2. The highest BCUT2D eigenvalue weighted by molar-refractivity contribution is 7.47.